The van der Waals surface area contributed by atoms with Crippen molar-refractivity contribution in [3.63, 3.8) is 0 Å². The van der Waals surface area contributed by atoms with Crippen LogP contribution in [0.1, 0.15) is 40.7 Å². The van der Waals surface area contributed by atoms with Crippen molar-refractivity contribution in [3.8, 4) is 17.2 Å². The van der Waals surface area contributed by atoms with Gasteiger partial charge in [-0.15, -0.1) is 0 Å². The summed E-state index contributed by atoms with van der Waals surface area (Å²) in [5.74, 6) is -0.887. The van der Waals surface area contributed by atoms with Gasteiger partial charge in [0.1, 0.15) is 17.3 Å². The predicted molar refractivity (Wildman–Crippen MR) is 148 cm³/mol. The van der Waals surface area contributed by atoms with Gasteiger partial charge in [0.25, 0.3) is 5.91 Å². The summed E-state index contributed by atoms with van der Waals surface area (Å²) < 4.78 is 29.4. The fraction of sp³-hybridized carbons (Fsp3) is 0.250. The molecule has 2 amide bonds. The van der Waals surface area contributed by atoms with Crippen LogP contribution < -0.4 is 20.1 Å². The molecule has 0 unspecified atom stereocenters. The van der Waals surface area contributed by atoms with Crippen molar-refractivity contribution >= 4 is 52.4 Å². The standard InChI is InChI=1S/C28H27Cl2FN2O6/c1-15-8-19(33-28(36)17-10-18(31)12-21(11-17)37-3)9-16(2)26(15)39-27-22(29)13-20(14-23(27)30)32-24(34)6-5-7-25(35)38-4/h8-14H,5-7H2,1-4H3,(H,32,34)(H,33,36). The first kappa shape index (κ1) is 29.7. The van der Waals surface area contributed by atoms with E-state index >= 15 is 0 Å². The Bertz CT molecular complexity index is 1370. The second kappa shape index (κ2) is 13.3. The molecule has 0 saturated carbocycles. The lowest BCUT2D eigenvalue weighted by Crippen LogP contribution is -2.13. The van der Waals surface area contributed by atoms with E-state index in [0.29, 0.717) is 34.7 Å². The number of amides is 2. The third-order valence-electron chi connectivity index (χ3n) is 5.59. The summed E-state index contributed by atoms with van der Waals surface area (Å²) in [6.07, 6.45) is 0.599. The number of carbonyl (C=O) groups is 3. The number of hydrogen-bond acceptors (Lipinski definition) is 6. The Morgan fingerprint density at radius 2 is 1.44 bits per heavy atom. The lowest BCUT2D eigenvalue weighted by Gasteiger charge is -2.17. The van der Waals surface area contributed by atoms with Crippen LogP contribution in [0.2, 0.25) is 10.0 Å². The molecule has 0 aliphatic carbocycles. The maximum Gasteiger partial charge on any atom is 0.305 e. The molecule has 11 heteroatoms. The molecular formula is C28H27Cl2FN2O6. The van der Waals surface area contributed by atoms with Crippen LogP contribution in [0.4, 0.5) is 15.8 Å². The number of anilines is 2. The number of carbonyl (C=O) groups excluding carboxylic acids is 3. The Balaban J connectivity index is 1.72. The Kier molecular flexibility index (Phi) is 10.1. The summed E-state index contributed by atoms with van der Waals surface area (Å²) in [5, 5.41) is 5.78. The van der Waals surface area contributed by atoms with Crippen molar-refractivity contribution in [2.75, 3.05) is 24.9 Å². The first-order chi connectivity index (χ1) is 18.5. The molecule has 0 aromatic heterocycles. The SMILES string of the molecule is COC(=O)CCCC(=O)Nc1cc(Cl)c(Oc2c(C)cc(NC(=O)c3cc(F)cc(OC)c3)cc2C)c(Cl)c1. The van der Waals surface area contributed by atoms with Crippen LogP contribution in [0, 0.1) is 19.7 Å². The van der Waals surface area contributed by atoms with E-state index in [-0.39, 0.29) is 51.8 Å². The van der Waals surface area contributed by atoms with E-state index in [1.807, 2.05) is 0 Å². The minimum absolute atomic E-state index is 0.108. The van der Waals surface area contributed by atoms with E-state index < -0.39 is 11.7 Å². The average Bonchev–Trinajstić information content (AvgIpc) is 2.86. The van der Waals surface area contributed by atoms with Gasteiger partial charge in [0.2, 0.25) is 5.91 Å². The molecular weight excluding hydrogens is 550 g/mol. The zero-order chi connectivity index (χ0) is 28.7. The van der Waals surface area contributed by atoms with Crippen LogP contribution in [0.3, 0.4) is 0 Å². The second-order valence-corrected chi connectivity index (χ2v) is 9.44. The number of aryl methyl sites for hydroxylation is 2. The summed E-state index contributed by atoms with van der Waals surface area (Å²) in [5.41, 5.74) is 2.32. The highest BCUT2D eigenvalue weighted by Gasteiger charge is 2.17. The highest BCUT2D eigenvalue weighted by atomic mass is 35.5. The molecule has 3 aromatic rings. The smallest absolute Gasteiger partial charge is 0.305 e. The number of halogens is 3. The molecule has 3 aromatic carbocycles. The molecule has 0 aliphatic heterocycles. The summed E-state index contributed by atoms with van der Waals surface area (Å²) in [6, 6.07) is 10.1. The zero-order valence-electron chi connectivity index (χ0n) is 21.7. The van der Waals surface area contributed by atoms with Gasteiger partial charge >= 0.3 is 5.97 Å². The van der Waals surface area contributed by atoms with Gasteiger partial charge < -0.3 is 24.8 Å². The first-order valence-electron chi connectivity index (χ1n) is 11.8. The molecule has 0 fully saturated rings. The molecule has 206 valence electrons. The zero-order valence-corrected chi connectivity index (χ0v) is 23.3. The first-order valence-corrected chi connectivity index (χ1v) is 12.6. The van der Waals surface area contributed by atoms with Crippen LogP contribution in [0.5, 0.6) is 17.2 Å². The van der Waals surface area contributed by atoms with Crippen molar-refractivity contribution in [1.82, 2.24) is 0 Å². The van der Waals surface area contributed by atoms with Crippen LogP contribution in [0.25, 0.3) is 0 Å². The largest absolute Gasteiger partial charge is 0.497 e. The van der Waals surface area contributed by atoms with Crippen LogP contribution in [0.15, 0.2) is 42.5 Å². The monoisotopic (exact) mass is 576 g/mol. The van der Waals surface area contributed by atoms with E-state index in [1.54, 1.807) is 26.0 Å². The fourth-order valence-corrected chi connectivity index (χ4v) is 4.31. The highest BCUT2D eigenvalue weighted by molar-refractivity contribution is 6.37. The van der Waals surface area contributed by atoms with Gasteiger partial charge in [-0.05, 0) is 67.8 Å². The Hall–Kier alpha value is -3.82. The van der Waals surface area contributed by atoms with E-state index in [2.05, 4.69) is 15.4 Å². The Labute approximate surface area is 235 Å². The van der Waals surface area contributed by atoms with Gasteiger partial charge in [-0.3, -0.25) is 14.4 Å². The molecule has 0 saturated heterocycles. The van der Waals surface area contributed by atoms with E-state index in [0.717, 1.165) is 6.07 Å². The molecule has 8 nitrogen and oxygen atoms in total. The number of esters is 1. The number of nitrogens with one attached hydrogen (secondary N) is 2. The molecule has 3 rings (SSSR count). The summed E-state index contributed by atoms with van der Waals surface area (Å²) in [4.78, 5) is 36.1. The van der Waals surface area contributed by atoms with Crippen molar-refractivity contribution in [3.05, 3.63) is 75.0 Å². The molecule has 0 aliphatic rings. The molecule has 0 spiro atoms. The number of rotatable bonds is 10. The third-order valence-corrected chi connectivity index (χ3v) is 6.15. The molecule has 0 radical (unpaired) electrons. The van der Waals surface area contributed by atoms with Crippen molar-refractivity contribution in [1.29, 1.82) is 0 Å². The number of methoxy groups -OCH3 is 2. The molecule has 0 bridgehead atoms. The minimum atomic E-state index is -0.589. The summed E-state index contributed by atoms with van der Waals surface area (Å²) >= 11 is 12.8. The van der Waals surface area contributed by atoms with Gasteiger partial charge in [-0.25, -0.2) is 4.39 Å². The lowest BCUT2D eigenvalue weighted by molar-refractivity contribution is -0.140. The number of hydrogen-bond donors (Lipinski definition) is 2. The van der Waals surface area contributed by atoms with Gasteiger partial charge in [-0.2, -0.15) is 0 Å². The predicted octanol–water partition coefficient (Wildman–Crippen LogP) is 7.08. The maximum absolute atomic E-state index is 13.8. The minimum Gasteiger partial charge on any atom is -0.497 e. The highest BCUT2D eigenvalue weighted by Crippen LogP contribution is 2.41. The Morgan fingerprint density at radius 1 is 0.821 bits per heavy atom. The third kappa shape index (κ3) is 8.08. The molecule has 0 heterocycles. The van der Waals surface area contributed by atoms with Gasteiger partial charge in [-0.1, -0.05) is 23.2 Å². The fourth-order valence-electron chi connectivity index (χ4n) is 3.75. The van der Waals surface area contributed by atoms with Crippen molar-refractivity contribution in [2.45, 2.75) is 33.1 Å². The van der Waals surface area contributed by atoms with Gasteiger partial charge in [0.15, 0.2) is 5.75 Å². The Morgan fingerprint density at radius 3 is 2.03 bits per heavy atom. The summed E-state index contributed by atoms with van der Waals surface area (Å²) in [6.45, 7) is 3.57. The molecule has 0 atom stereocenters. The van der Waals surface area contributed by atoms with E-state index in [1.165, 1.54) is 38.5 Å². The van der Waals surface area contributed by atoms with Gasteiger partial charge in [0.05, 0.1) is 24.3 Å². The normalized spacial score (nSPS) is 10.5. The van der Waals surface area contributed by atoms with E-state index in [9.17, 15) is 18.8 Å². The van der Waals surface area contributed by atoms with Crippen LogP contribution >= 0.6 is 23.2 Å². The van der Waals surface area contributed by atoms with E-state index in [4.69, 9.17) is 32.7 Å². The number of benzene rings is 3. The average molecular weight is 577 g/mol. The molecule has 2 N–H and O–H groups in total. The maximum atomic E-state index is 13.8. The topological polar surface area (TPSA) is 103 Å². The second-order valence-electron chi connectivity index (χ2n) is 8.62. The molecule has 39 heavy (non-hydrogen) atoms. The van der Waals surface area contributed by atoms with Crippen LogP contribution in [-0.2, 0) is 14.3 Å². The van der Waals surface area contributed by atoms with Gasteiger partial charge in [0, 0.05) is 35.8 Å². The van der Waals surface area contributed by atoms with Crippen molar-refractivity contribution in [2.24, 2.45) is 0 Å². The van der Waals surface area contributed by atoms with Crippen LogP contribution in [-0.4, -0.2) is 32.0 Å². The van der Waals surface area contributed by atoms with Crippen molar-refractivity contribution < 1.29 is 33.0 Å². The summed E-state index contributed by atoms with van der Waals surface area (Å²) in [7, 11) is 2.68. The lowest BCUT2D eigenvalue weighted by atomic mass is 10.1. The quantitative estimate of drug-likeness (QED) is 0.250. The number of ether oxygens (including phenoxy) is 3.